The molecule has 0 atom stereocenters. The van der Waals surface area contributed by atoms with Gasteiger partial charge in [0, 0.05) is 34.3 Å². The molecule has 2 aromatic heterocycles. The van der Waals surface area contributed by atoms with Crippen LogP contribution in [0.1, 0.15) is 111 Å². The quantitative estimate of drug-likeness (QED) is 0.434. The molecule has 1 amide bonds. The van der Waals surface area contributed by atoms with Gasteiger partial charge in [0.1, 0.15) is 0 Å². The largest absolute Gasteiger partial charge is 0.348 e. The lowest BCUT2D eigenvalue weighted by molar-refractivity contribution is 0.0952. The highest BCUT2D eigenvalue weighted by molar-refractivity contribution is 6.06. The minimum Gasteiger partial charge on any atom is -0.348 e. The van der Waals surface area contributed by atoms with Crippen molar-refractivity contribution < 1.29 is 4.79 Å². The van der Waals surface area contributed by atoms with Gasteiger partial charge in [-0.05, 0) is 102 Å². The normalized spacial score (nSPS) is 19.9. The highest BCUT2D eigenvalue weighted by Gasteiger charge is 2.38. The molecule has 3 N–H and O–H groups in total. The van der Waals surface area contributed by atoms with Gasteiger partial charge in [0.15, 0.2) is 0 Å². The van der Waals surface area contributed by atoms with Gasteiger partial charge < -0.3 is 15.6 Å². The van der Waals surface area contributed by atoms with Crippen LogP contribution in [0, 0.1) is 13.8 Å². The Labute approximate surface area is 219 Å². The molecule has 5 rings (SSSR count). The fourth-order valence-corrected chi connectivity index (χ4v) is 6.95. The minimum absolute atomic E-state index is 0.000509. The molecule has 0 spiro atoms. The third-order valence-electron chi connectivity index (χ3n) is 8.23. The summed E-state index contributed by atoms with van der Waals surface area (Å²) in [7, 11) is 0. The molecular formula is C30H41N5O2. The van der Waals surface area contributed by atoms with Gasteiger partial charge in [-0.2, -0.15) is 5.10 Å². The van der Waals surface area contributed by atoms with Crippen LogP contribution in [0.15, 0.2) is 29.2 Å². The zero-order valence-corrected chi connectivity index (χ0v) is 23.1. The molecule has 198 valence electrons. The number of hydrogen-bond donors (Lipinski definition) is 3. The van der Waals surface area contributed by atoms with Crippen molar-refractivity contribution in [3.8, 4) is 0 Å². The second-order valence-corrected chi connectivity index (χ2v) is 12.7. The SMILES string of the molecule is Cc1cc(C)c(CNC(=O)c2cc(C3CC(C)(C)NC(C)(C)C3)cc3c2cnn3C2CCCC2)c(=O)[nH]1. The van der Waals surface area contributed by atoms with E-state index >= 15 is 0 Å². The minimum atomic E-state index is -0.162. The first kappa shape index (κ1) is 25.7. The number of aromatic nitrogens is 3. The van der Waals surface area contributed by atoms with E-state index in [0.29, 0.717) is 23.1 Å². The topological polar surface area (TPSA) is 91.8 Å². The van der Waals surface area contributed by atoms with Gasteiger partial charge in [0.2, 0.25) is 0 Å². The molecule has 0 unspecified atom stereocenters. The molecule has 7 heteroatoms. The Balaban J connectivity index is 1.54. The van der Waals surface area contributed by atoms with Gasteiger partial charge in [-0.25, -0.2) is 0 Å². The molecular weight excluding hydrogens is 462 g/mol. The molecule has 1 aliphatic carbocycles. The smallest absolute Gasteiger partial charge is 0.253 e. The van der Waals surface area contributed by atoms with Crippen molar-refractivity contribution in [3.05, 3.63) is 62.7 Å². The number of benzene rings is 1. The number of carbonyl (C=O) groups excluding carboxylic acids is 1. The van der Waals surface area contributed by atoms with E-state index in [1.165, 1.54) is 18.4 Å². The van der Waals surface area contributed by atoms with Crippen molar-refractivity contribution in [2.75, 3.05) is 0 Å². The summed E-state index contributed by atoms with van der Waals surface area (Å²) < 4.78 is 2.16. The molecule has 3 aromatic rings. The lowest BCUT2D eigenvalue weighted by atomic mass is 9.73. The molecule has 1 aromatic carbocycles. The molecule has 1 saturated heterocycles. The average Bonchev–Trinajstić information content (AvgIpc) is 3.45. The van der Waals surface area contributed by atoms with Crippen LogP contribution in [0.25, 0.3) is 10.9 Å². The highest BCUT2D eigenvalue weighted by Crippen LogP contribution is 2.41. The summed E-state index contributed by atoms with van der Waals surface area (Å²) in [5, 5.41) is 12.5. The van der Waals surface area contributed by atoms with Crippen LogP contribution >= 0.6 is 0 Å². The summed E-state index contributed by atoms with van der Waals surface area (Å²) in [6.07, 6.45) is 8.56. The van der Waals surface area contributed by atoms with Gasteiger partial charge in [0.05, 0.1) is 23.3 Å². The first-order chi connectivity index (χ1) is 17.4. The second kappa shape index (κ2) is 9.43. The van der Waals surface area contributed by atoms with Gasteiger partial charge in [-0.15, -0.1) is 0 Å². The summed E-state index contributed by atoms with van der Waals surface area (Å²) in [6.45, 7) is 13.0. The third-order valence-corrected chi connectivity index (χ3v) is 8.23. The van der Waals surface area contributed by atoms with Gasteiger partial charge in [-0.1, -0.05) is 12.8 Å². The maximum Gasteiger partial charge on any atom is 0.253 e. The fraction of sp³-hybridized carbons (Fsp3) is 0.567. The number of aromatic amines is 1. The molecule has 3 heterocycles. The summed E-state index contributed by atoms with van der Waals surface area (Å²) in [4.78, 5) is 29.0. The average molecular weight is 504 g/mol. The Morgan fingerprint density at radius 3 is 2.41 bits per heavy atom. The number of aryl methyl sites for hydroxylation is 2. The lowest BCUT2D eigenvalue weighted by Crippen LogP contribution is -2.57. The van der Waals surface area contributed by atoms with Crippen molar-refractivity contribution in [2.24, 2.45) is 0 Å². The number of nitrogens with one attached hydrogen (secondary N) is 3. The van der Waals surface area contributed by atoms with Gasteiger partial charge in [0.25, 0.3) is 11.5 Å². The summed E-state index contributed by atoms with van der Waals surface area (Å²) in [5.74, 6) is 0.168. The number of H-pyrrole nitrogens is 1. The van der Waals surface area contributed by atoms with Crippen LogP contribution in [0.2, 0.25) is 0 Å². The van der Waals surface area contributed by atoms with E-state index in [-0.39, 0.29) is 29.1 Å². The van der Waals surface area contributed by atoms with Crippen molar-refractivity contribution in [2.45, 2.75) is 110 Å². The van der Waals surface area contributed by atoms with Crippen LogP contribution < -0.4 is 16.2 Å². The molecule has 0 bridgehead atoms. The zero-order chi connectivity index (χ0) is 26.5. The number of nitrogens with zero attached hydrogens (tertiary/aromatic N) is 2. The number of amides is 1. The Bertz CT molecular complexity index is 1370. The Hall–Kier alpha value is -2.93. The lowest BCUT2D eigenvalue weighted by Gasteiger charge is -2.46. The number of pyridine rings is 1. The number of carbonyl (C=O) groups is 1. The first-order valence-electron chi connectivity index (χ1n) is 13.7. The standard InChI is InChI=1S/C30H41N5O2/c1-18-11-19(2)33-28(37)24(18)16-31-27(36)23-12-20(21-14-29(3,4)34-30(5,6)15-21)13-26-25(23)17-32-35(26)22-9-7-8-10-22/h11-13,17,21-22,34H,7-10,14-16H2,1-6H3,(H,31,36)(H,33,37). The van der Waals surface area contributed by atoms with Crippen LogP contribution in [0.5, 0.6) is 0 Å². The second-order valence-electron chi connectivity index (χ2n) is 12.7. The number of rotatable bonds is 5. The van der Waals surface area contributed by atoms with E-state index in [1.54, 1.807) is 0 Å². The monoisotopic (exact) mass is 503 g/mol. The predicted octanol–water partition coefficient (Wildman–Crippen LogP) is 5.41. The van der Waals surface area contributed by atoms with E-state index in [0.717, 1.165) is 47.8 Å². The predicted molar refractivity (Wildman–Crippen MR) is 148 cm³/mol. The van der Waals surface area contributed by atoms with Crippen LogP contribution in [-0.2, 0) is 6.54 Å². The Morgan fingerprint density at radius 1 is 1.08 bits per heavy atom. The maximum absolute atomic E-state index is 13.7. The summed E-state index contributed by atoms with van der Waals surface area (Å²) in [6, 6.07) is 6.69. The van der Waals surface area contributed by atoms with E-state index < -0.39 is 0 Å². The molecule has 2 aliphatic rings. The molecule has 0 radical (unpaired) electrons. The summed E-state index contributed by atoms with van der Waals surface area (Å²) in [5.41, 5.74) is 5.04. The maximum atomic E-state index is 13.7. The van der Waals surface area contributed by atoms with Crippen molar-refractivity contribution in [1.29, 1.82) is 0 Å². The molecule has 2 fully saturated rings. The zero-order valence-electron chi connectivity index (χ0n) is 23.1. The van der Waals surface area contributed by atoms with Crippen molar-refractivity contribution >= 4 is 16.8 Å². The third kappa shape index (κ3) is 5.24. The Morgan fingerprint density at radius 2 is 1.76 bits per heavy atom. The van der Waals surface area contributed by atoms with E-state index in [1.807, 2.05) is 26.1 Å². The van der Waals surface area contributed by atoms with Gasteiger partial charge in [-0.3, -0.25) is 14.3 Å². The van der Waals surface area contributed by atoms with E-state index in [4.69, 9.17) is 5.10 Å². The molecule has 37 heavy (non-hydrogen) atoms. The number of hydrogen-bond acceptors (Lipinski definition) is 4. The molecule has 1 aliphatic heterocycles. The van der Waals surface area contributed by atoms with Crippen molar-refractivity contribution in [1.82, 2.24) is 25.4 Å². The van der Waals surface area contributed by atoms with Crippen LogP contribution in [-0.4, -0.2) is 31.7 Å². The fourth-order valence-electron chi connectivity index (χ4n) is 6.95. The van der Waals surface area contributed by atoms with Crippen molar-refractivity contribution in [3.63, 3.8) is 0 Å². The Kier molecular flexibility index (Phi) is 6.55. The van der Waals surface area contributed by atoms with Gasteiger partial charge >= 0.3 is 0 Å². The summed E-state index contributed by atoms with van der Waals surface area (Å²) >= 11 is 0. The highest BCUT2D eigenvalue weighted by atomic mass is 16.1. The number of piperidine rings is 1. The van der Waals surface area contributed by atoms with Crippen LogP contribution in [0.4, 0.5) is 0 Å². The first-order valence-corrected chi connectivity index (χ1v) is 13.7. The number of fused-ring (bicyclic) bond motifs is 1. The van der Waals surface area contributed by atoms with Crippen LogP contribution in [0.3, 0.4) is 0 Å². The molecule has 7 nitrogen and oxygen atoms in total. The van der Waals surface area contributed by atoms with E-state index in [2.05, 4.69) is 60.1 Å². The molecule has 1 saturated carbocycles. The van der Waals surface area contributed by atoms with E-state index in [9.17, 15) is 9.59 Å².